The minimum Gasteiger partial charge on any atom is -0.744 e. The Balaban J connectivity index is 0.000000523. The third-order valence-electron chi connectivity index (χ3n) is 3.27. The van der Waals surface area contributed by atoms with Crippen molar-refractivity contribution < 1.29 is 44.9 Å². The first-order valence-electron chi connectivity index (χ1n) is 7.35. The first-order valence-corrected chi connectivity index (χ1v) is 10.2. The molecule has 0 saturated heterocycles. The van der Waals surface area contributed by atoms with Crippen molar-refractivity contribution in [3.63, 3.8) is 0 Å². The van der Waals surface area contributed by atoms with E-state index in [9.17, 15) is 25.9 Å². The molecule has 0 heterocycles. The number of para-hydroxylation sites is 2. The Kier molecular flexibility index (Phi) is 11.3. The van der Waals surface area contributed by atoms with Gasteiger partial charge in [0.05, 0.1) is 28.4 Å². The van der Waals surface area contributed by atoms with Crippen LogP contribution in [0, 0.1) is 0 Å². The first-order chi connectivity index (χ1) is 13.0. The van der Waals surface area contributed by atoms with Gasteiger partial charge >= 0.3 is 37.7 Å². The Hall–Kier alpha value is -1.28. The van der Waals surface area contributed by atoms with Crippen LogP contribution in [0.4, 0.5) is 0 Å². The van der Waals surface area contributed by atoms with Gasteiger partial charge in [0.2, 0.25) is 0 Å². The second-order valence-corrected chi connectivity index (χ2v) is 7.59. The summed E-state index contributed by atoms with van der Waals surface area (Å²) in [4.78, 5) is -0.835. The van der Waals surface area contributed by atoms with Crippen LogP contribution >= 0.6 is 0 Å². The summed E-state index contributed by atoms with van der Waals surface area (Å²) in [6, 6.07) is 8.17. The van der Waals surface area contributed by atoms with Crippen LogP contribution in [0.2, 0.25) is 0 Å². The van der Waals surface area contributed by atoms with Crippen molar-refractivity contribution in [1.82, 2.24) is 0 Å². The van der Waals surface area contributed by atoms with E-state index in [-0.39, 0.29) is 60.7 Å². The minimum atomic E-state index is -4.53. The van der Waals surface area contributed by atoms with Crippen molar-refractivity contribution in [3.05, 3.63) is 36.4 Å². The monoisotopic (exact) mass is 474 g/mol. The van der Waals surface area contributed by atoms with Crippen LogP contribution in [0.5, 0.6) is 23.0 Å². The third-order valence-corrected chi connectivity index (χ3v) is 4.99. The fraction of sp³-hybridized carbons (Fsp3) is 0.250. The zero-order chi connectivity index (χ0) is 21.5. The molecule has 0 atom stereocenters. The summed E-state index contributed by atoms with van der Waals surface area (Å²) in [5.41, 5.74) is 0. The summed E-state index contributed by atoms with van der Waals surface area (Å²) in [5, 5.41) is 0. The van der Waals surface area contributed by atoms with Crippen LogP contribution in [-0.4, -0.2) is 92.1 Å². The number of hydrogen-bond donors (Lipinski definition) is 0. The summed E-state index contributed by atoms with van der Waals surface area (Å²) in [7, 11) is -3.81. The van der Waals surface area contributed by atoms with E-state index < -0.39 is 30.0 Å². The summed E-state index contributed by atoms with van der Waals surface area (Å²) in [6.07, 6.45) is 0. The molecule has 2 aromatic rings. The topological polar surface area (TPSA) is 151 Å². The van der Waals surface area contributed by atoms with Gasteiger partial charge in [-0.15, -0.1) is 0 Å². The van der Waals surface area contributed by atoms with Crippen molar-refractivity contribution >= 4 is 58.0 Å². The zero-order valence-electron chi connectivity index (χ0n) is 16.1. The average Bonchev–Trinajstić information content (AvgIpc) is 2.65. The summed E-state index contributed by atoms with van der Waals surface area (Å²) >= 11 is 0. The number of rotatable bonds is 6. The number of hydrogen-bond acceptors (Lipinski definition) is 10. The molecule has 0 aliphatic carbocycles. The third kappa shape index (κ3) is 7.48. The molecule has 29 heavy (non-hydrogen) atoms. The van der Waals surface area contributed by atoms with Crippen molar-refractivity contribution in [1.29, 1.82) is 0 Å². The Labute approximate surface area is 199 Å². The number of methoxy groups -OCH3 is 4. The fourth-order valence-corrected chi connectivity index (χ4v) is 3.42. The predicted octanol–water partition coefficient (Wildman–Crippen LogP) is 0.835. The van der Waals surface area contributed by atoms with E-state index >= 15 is 0 Å². The maximum Gasteiger partial charge on any atom is 2.00 e. The smallest absolute Gasteiger partial charge is 0.744 e. The van der Waals surface area contributed by atoms with Crippen LogP contribution in [0.15, 0.2) is 46.2 Å². The normalized spacial score (nSPS) is 10.7. The van der Waals surface area contributed by atoms with E-state index in [0.717, 1.165) is 0 Å². The van der Waals surface area contributed by atoms with Crippen molar-refractivity contribution in [2.75, 3.05) is 28.4 Å². The van der Waals surface area contributed by atoms with Gasteiger partial charge in [-0.1, -0.05) is 12.1 Å². The number of ether oxygens (including phenoxy) is 4. The van der Waals surface area contributed by atoms with Gasteiger partial charge in [0.25, 0.3) is 0 Å². The predicted molar refractivity (Wildman–Crippen MR) is 101 cm³/mol. The van der Waals surface area contributed by atoms with Crippen LogP contribution in [0.25, 0.3) is 0 Å². The van der Waals surface area contributed by atoms with E-state index in [2.05, 4.69) is 0 Å². The van der Waals surface area contributed by atoms with Crippen LogP contribution in [-0.2, 0) is 20.2 Å². The van der Waals surface area contributed by atoms with Gasteiger partial charge in [-0.3, -0.25) is 0 Å². The van der Waals surface area contributed by atoms with E-state index in [0.29, 0.717) is 0 Å². The molecule has 0 aliphatic heterocycles. The van der Waals surface area contributed by atoms with Crippen molar-refractivity contribution in [2.24, 2.45) is 0 Å². The van der Waals surface area contributed by atoms with Gasteiger partial charge < -0.3 is 28.1 Å². The molecule has 0 aromatic heterocycles. The molecule has 0 aliphatic rings. The van der Waals surface area contributed by atoms with Crippen LogP contribution < -0.4 is 18.9 Å². The first kappa shape index (κ1) is 27.7. The Morgan fingerprint density at radius 3 is 1.14 bits per heavy atom. The second kappa shape index (κ2) is 11.8. The standard InChI is InChI=1S/2C8H10O5S.Ca/c2*1-12-6-4-3-5-7(8(6)13-2)14(9,10)11;/h2*3-5H,1-2H3,(H,9,10,11);/q;;+2/p-2. The maximum absolute atomic E-state index is 10.8. The molecule has 156 valence electrons. The van der Waals surface area contributed by atoms with E-state index in [1.54, 1.807) is 0 Å². The molecule has 0 spiro atoms. The number of benzene rings is 2. The van der Waals surface area contributed by atoms with Gasteiger partial charge in [-0.2, -0.15) is 0 Å². The minimum absolute atomic E-state index is 0. The maximum atomic E-state index is 10.8. The molecule has 2 rings (SSSR count). The van der Waals surface area contributed by atoms with Crippen molar-refractivity contribution in [3.8, 4) is 23.0 Å². The Bertz CT molecular complexity index is 936. The molecule has 0 fully saturated rings. The van der Waals surface area contributed by atoms with Gasteiger partial charge in [0.1, 0.15) is 30.0 Å². The van der Waals surface area contributed by atoms with Crippen molar-refractivity contribution in [2.45, 2.75) is 9.79 Å². The molecular weight excluding hydrogens is 456 g/mol. The largest absolute Gasteiger partial charge is 2.00 e. The van der Waals surface area contributed by atoms with E-state index in [4.69, 9.17) is 18.9 Å². The molecule has 0 radical (unpaired) electrons. The van der Waals surface area contributed by atoms with Gasteiger partial charge in [-0.05, 0) is 24.3 Å². The molecular formula is C16H18CaO10S2. The average molecular weight is 475 g/mol. The van der Waals surface area contributed by atoms with E-state index in [1.807, 2.05) is 0 Å². The molecule has 13 heteroatoms. The molecule has 0 bridgehead atoms. The second-order valence-electron chi connectivity index (χ2n) is 4.89. The zero-order valence-corrected chi connectivity index (χ0v) is 19.9. The summed E-state index contributed by atoms with van der Waals surface area (Å²) in [5.74, 6) is 0.295. The van der Waals surface area contributed by atoms with Gasteiger partial charge in [0, 0.05) is 0 Å². The molecule has 0 amide bonds. The van der Waals surface area contributed by atoms with Crippen LogP contribution in [0.1, 0.15) is 0 Å². The van der Waals surface area contributed by atoms with Gasteiger partial charge in [0.15, 0.2) is 23.0 Å². The van der Waals surface area contributed by atoms with Gasteiger partial charge in [-0.25, -0.2) is 16.8 Å². The quantitative estimate of drug-likeness (QED) is 0.435. The SMILES string of the molecule is COc1cccc(S(=O)(=O)[O-])c1OC.COc1cccc(S(=O)(=O)[O-])c1OC.[Ca+2]. The molecule has 2 aromatic carbocycles. The summed E-state index contributed by atoms with van der Waals surface area (Å²) in [6.45, 7) is 0. The Morgan fingerprint density at radius 2 is 0.931 bits per heavy atom. The molecule has 0 unspecified atom stereocenters. The Morgan fingerprint density at radius 1 is 0.621 bits per heavy atom. The van der Waals surface area contributed by atoms with Crippen LogP contribution in [0.3, 0.4) is 0 Å². The van der Waals surface area contributed by atoms with E-state index in [1.165, 1.54) is 64.8 Å². The molecule has 10 nitrogen and oxygen atoms in total. The summed E-state index contributed by atoms with van der Waals surface area (Å²) < 4.78 is 84.0. The molecule has 0 saturated carbocycles. The molecule has 0 N–H and O–H groups in total. The fourth-order valence-electron chi connectivity index (χ4n) is 2.11.